The van der Waals surface area contributed by atoms with Crippen LogP contribution in [0.5, 0.6) is 0 Å². The summed E-state index contributed by atoms with van der Waals surface area (Å²) in [4.78, 5) is 10.8. The molecule has 3 rings (SSSR count). The average Bonchev–Trinajstić information content (AvgIpc) is 2.53. The lowest BCUT2D eigenvalue weighted by atomic mass is 9.50. The Labute approximate surface area is 163 Å². The molecule has 0 bridgehead atoms. The number of rotatable bonds is 6. The van der Waals surface area contributed by atoms with Crippen LogP contribution in [0.2, 0.25) is 0 Å². The van der Waals surface area contributed by atoms with E-state index in [1.54, 1.807) is 0 Å². The maximum absolute atomic E-state index is 10.8. The number of fused-ring (bicyclic) bond motifs is 1. The Kier molecular flexibility index (Phi) is 6.33. The number of carboxylic acids is 1. The molecule has 0 heterocycles. The summed E-state index contributed by atoms with van der Waals surface area (Å²) < 4.78 is 0. The molecular formula is C23H34O4. The van der Waals surface area contributed by atoms with Crippen LogP contribution in [0.1, 0.15) is 71.6 Å². The van der Waals surface area contributed by atoms with E-state index in [2.05, 4.69) is 24.8 Å². The zero-order valence-corrected chi connectivity index (χ0v) is 16.7. The smallest absolute Gasteiger partial charge is 0.303 e. The van der Waals surface area contributed by atoms with Crippen molar-refractivity contribution in [1.29, 1.82) is 0 Å². The Balaban J connectivity index is 1.76. The minimum absolute atomic E-state index is 0.0801. The third-order valence-electron chi connectivity index (χ3n) is 7.12. The summed E-state index contributed by atoms with van der Waals surface area (Å²) in [5, 5.41) is 30.2. The van der Waals surface area contributed by atoms with Crippen molar-refractivity contribution in [2.24, 2.45) is 29.6 Å². The zero-order valence-electron chi connectivity index (χ0n) is 16.7. The van der Waals surface area contributed by atoms with Crippen LogP contribution >= 0.6 is 0 Å². The standard InChI is InChI=1S/C23H34O4/c1-3-6-17-16(9-5-10-21(25)26)18-11-12-20(24)19(22(17)18)13-14-23(2,27)15-7-4-8-15/h9,15,17-20,22,24,27H,3-8,10-12H2,1-2H3,(H,25,26)/t17?,18-,19+,20-,22+,23?/m0/s1. The molecule has 0 spiro atoms. The first-order chi connectivity index (χ1) is 12.8. The fourth-order valence-corrected chi connectivity index (χ4v) is 5.36. The SMILES string of the molecule is CCCC1C(=CCCC(=O)O)[C@@H]2CC[C@H](O)[C@@H](C#CC(C)(O)C3CCC3)[C@H]12. The van der Waals surface area contributed by atoms with E-state index in [-0.39, 0.29) is 18.3 Å². The molecule has 4 nitrogen and oxygen atoms in total. The summed E-state index contributed by atoms with van der Waals surface area (Å²) in [6.07, 6.45) is 9.55. The van der Waals surface area contributed by atoms with E-state index < -0.39 is 17.7 Å². The lowest BCUT2D eigenvalue weighted by Gasteiger charge is -2.55. The van der Waals surface area contributed by atoms with Gasteiger partial charge in [-0.25, -0.2) is 0 Å². The first kappa shape index (κ1) is 20.4. The van der Waals surface area contributed by atoms with Crippen LogP contribution in [-0.4, -0.2) is 33.0 Å². The number of hydrogen-bond acceptors (Lipinski definition) is 3. The van der Waals surface area contributed by atoms with Gasteiger partial charge in [0.05, 0.1) is 12.0 Å². The second-order valence-electron chi connectivity index (χ2n) is 8.93. The molecule has 3 N–H and O–H groups in total. The highest BCUT2D eigenvalue weighted by molar-refractivity contribution is 5.66. The van der Waals surface area contributed by atoms with Crippen LogP contribution < -0.4 is 0 Å². The van der Waals surface area contributed by atoms with E-state index in [1.165, 1.54) is 12.0 Å². The number of aliphatic hydroxyl groups is 2. The van der Waals surface area contributed by atoms with Crippen LogP contribution in [0.3, 0.4) is 0 Å². The number of carboxylic acid groups (broad SMARTS) is 1. The molecule has 0 saturated heterocycles. The van der Waals surface area contributed by atoms with E-state index >= 15 is 0 Å². The van der Waals surface area contributed by atoms with Gasteiger partial charge < -0.3 is 15.3 Å². The zero-order chi connectivity index (χ0) is 19.6. The highest BCUT2D eigenvalue weighted by Gasteiger charge is 2.52. The Morgan fingerprint density at radius 2 is 2.04 bits per heavy atom. The second kappa shape index (κ2) is 8.37. The molecule has 0 aromatic heterocycles. The lowest BCUT2D eigenvalue weighted by Crippen LogP contribution is -2.51. The van der Waals surface area contributed by atoms with Crippen LogP contribution in [-0.2, 0) is 4.79 Å². The van der Waals surface area contributed by atoms with Gasteiger partial charge in [-0.3, -0.25) is 4.79 Å². The summed E-state index contributed by atoms with van der Waals surface area (Å²) in [7, 11) is 0. The molecule has 4 heteroatoms. The second-order valence-corrected chi connectivity index (χ2v) is 8.93. The molecule has 150 valence electrons. The van der Waals surface area contributed by atoms with Crippen LogP contribution in [0, 0.1) is 41.4 Å². The topological polar surface area (TPSA) is 77.8 Å². The molecule has 0 amide bonds. The van der Waals surface area contributed by atoms with Crippen molar-refractivity contribution < 1.29 is 20.1 Å². The predicted octanol–water partition coefficient (Wildman–Crippen LogP) is 3.77. The fraction of sp³-hybridized carbons (Fsp3) is 0.783. The highest BCUT2D eigenvalue weighted by Crippen LogP contribution is 2.57. The quantitative estimate of drug-likeness (QED) is 0.489. The van der Waals surface area contributed by atoms with Crippen molar-refractivity contribution in [3.05, 3.63) is 11.6 Å². The Morgan fingerprint density at radius 3 is 2.63 bits per heavy atom. The summed E-state index contributed by atoms with van der Waals surface area (Å²) >= 11 is 0. The van der Waals surface area contributed by atoms with E-state index in [4.69, 9.17) is 5.11 Å². The van der Waals surface area contributed by atoms with E-state index in [0.29, 0.717) is 24.2 Å². The molecule has 27 heavy (non-hydrogen) atoms. The van der Waals surface area contributed by atoms with Crippen molar-refractivity contribution in [3.63, 3.8) is 0 Å². The highest BCUT2D eigenvalue weighted by atomic mass is 16.4. The Morgan fingerprint density at radius 1 is 1.30 bits per heavy atom. The summed E-state index contributed by atoms with van der Waals surface area (Å²) in [6.45, 7) is 3.99. The van der Waals surface area contributed by atoms with E-state index in [9.17, 15) is 15.0 Å². The Bertz CT molecular complexity index is 634. The lowest BCUT2D eigenvalue weighted by molar-refractivity contribution is -0.136. The minimum Gasteiger partial charge on any atom is -0.481 e. The summed E-state index contributed by atoms with van der Waals surface area (Å²) in [6, 6.07) is 0. The number of aliphatic hydroxyl groups excluding tert-OH is 1. The van der Waals surface area contributed by atoms with Gasteiger partial charge in [-0.05, 0) is 69.1 Å². The third-order valence-corrected chi connectivity index (χ3v) is 7.12. The molecule has 0 aromatic carbocycles. The van der Waals surface area contributed by atoms with Gasteiger partial charge in [-0.2, -0.15) is 0 Å². The van der Waals surface area contributed by atoms with Crippen molar-refractivity contribution in [1.82, 2.24) is 0 Å². The molecule has 3 aliphatic carbocycles. The molecule has 6 atom stereocenters. The van der Waals surface area contributed by atoms with E-state index in [0.717, 1.165) is 38.5 Å². The first-order valence-electron chi connectivity index (χ1n) is 10.7. The van der Waals surface area contributed by atoms with Crippen molar-refractivity contribution in [3.8, 4) is 11.8 Å². The molecule has 0 radical (unpaired) electrons. The third kappa shape index (κ3) is 4.25. The fourth-order valence-electron chi connectivity index (χ4n) is 5.36. The maximum atomic E-state index is 10.8. The minimum atomic E-state index is -0.949. The van der Waals surface area contributed by atoms with Gasteiger partial charge in [0.25, 0.3) is 0 Å². The normalized spacial score (nSPS) is 36.6. The molecule has 0 aromatic rings. The maximum Gasteiger partial charge on any atom is 0.303 e. The van der Waals surface area contributed by atoms with Crippen LogP contribution in [0.15, 0.2) is 11.6 Å². The van der Waals surface area contributed by atoms with Crippen LogP contribution in [0.4, 0.5) is 0 Å². The van der Waals surface area contributed by atoms with Crippen molar-refractivity contribution in [2.75, 3.05) is 0 Å². The van der Waals surface area contributed by atoms with E-state index in [1.807, 2.05) is 6.92 Å². The molecule has 0 aliphatic heterocycles. The Hall–Kier alpha value is -1.31. The molecule has 2 unspecified atom stereocenters. The van der Waals surface area contributed by atoms with Crippen LogP contribution in [0.25, 0.3) is 0 Å². The molecule has 3 fully saturated rings. The van der Waals surface area contributed by atoms with Gasteiger partial charge in [-0.15, -0.1) is 0 Å². The average molecular weight is 375 g/mol. The molecule has 3 aliphatic rings. The number of aliphatic carboxylic acids is 1. The van der Waals surface area contributed by atoms with Crippen molar-refractivity contribution in [2.45, 2.75) is 83.3 Å². The van der Waals surface area contributed by atoms with Gasteiger partial charge >= 0.3 is 5.97 Å². The van der Waals surface area contributed by atoms with Gasteiger partial charge in [0.2, 0.25) is 0 Å². The predicted molar refractivity (Wildman–Crippen MR) is 105 cm³/mol. The molecule has 3 saturated carbocycles. The molecular weight excluding hydrogens is 340 g/mol. The largest absolute Gasteiger partial charge is 0.481 e. The van der Waals surface area contributed by atoms with Gasteiger partial charge in [0, 0.05) is 6.42 Å². The summed E-state index contributed by atoms with van der Waals surface area (Å²) in [5.41, 5.74) is 0.447. The van der Waals surface area contributed by atoms with Gasteiger partial charge in [0.1, 0.15) is 5.60 Å². The van der Waals surface area contributed by atoms with Gasteiger partial charge in [0.15, 0.2) is 0 Å². The van der Waals surface area contributed by atoms with Gasteiger partial charge in [-0.1, -0.05) is 43.3 Å². The number of allylic oxidation sites excluding steroid dienone is 2. The first-order valence-corrected chi connectivity index (χ1v) is 10.7. The number of carbonyl (C=O) groups is 1. The monoisotopic (exact) mass is 374 g/mol. The van der Waals surface area contributed by atoms with Crippen molar-refractivity contribution >= 4 is 5.97 Å². The summed E-state index contributed by atoms with van der Waals surface area (Å²) in [5.74, 6) is 7.03. The number of hydrogen-bond donors (Lipinski definition) is 3.